The van der Waals surface area contributed by atoms with E-state index in [0.29, 0.717) is 19.4 Å². The first kappa shape index (κ1) is 28.6. The molecule has 0 saturated heterocycles. The lowest BCUT2D eigenvalue weighted by Crippen LogP contribution is -2.60. The predicted molar refractivity (Wildman–Crippen MR) is 114 cm³/mol. The van der Waals surface area contributed by atoms with Crippen LogP contribution in [0, 0.1) is 0 Å². The molecule has 0 aromatic heterocycles. The number of aliphatic carboxylic acids is 1. The fraction of sp³-hybridized carbons (Fsp3) is 0.706. The maximum absolute atomic E-state index is 12.5. The molecule has 0 aliphatic rings. The van der Waals surface area contributed by atoms with E-state index in [-0.39, 0.29) is 12.2 Å². The second-order valence-corrected chi connectivity index (χ2v) is 7.30. The van der Waals surface area contributed by atoms with Gasteiger partial charge in [0.1, 0.15) is 18.1 Å². The Kier molecular flexibility index (Phi) is 13.4. The standard InChI is InChI=1S/C17H32N6O7S/c1-8(24)13(23-14(26)9(19)7-31)16(28)22-11(6-12(20)25)15(27)21-10(17(29)30)4-2-3-5-18/h8-11,13,24,31H,2-7,18-19H2,1H3,(H2,20,25)(H,21,27)(H,22,28)(H,23,26)(H,29,30). The molecule has 0 spiro atoms. The molecule has 178 valence electrons. The highest BCUT2D eigenvalue weighted by atomic mass is 32.1. The summed E-state index contributed by atoms with van der Waals surface area (Å²) in [6.07, 6.45) is -0.948. The SMILES string of the molecule is CC(O)C(NC(=O)C(N)CS)C(=O)NC(CC(N)=O)C(=O)NC(CCCCN)C(=O)O. The highest BCUT2D eigenvalue weighted by Gasteiger charge is 2.32. The molecule has 13 nitrogen and oxygen atoms in total. The summed E-state index contributed by atoms with van der Waals surface area (Å²) in [5.74, 6) is -4.98. The van der Waals surface area contributed by atoms with Gasteiger partial charge in [0.25, 0.3) is 0 Å². The molecule has 0 saturated carbocycles. The van der Waals surface area contributed by atoms with Gasteiger partial charge in [-0.15, -0.1) is 0 Å². The van der Waals surface area contributed by atoms with Gasteiger partial charge in [-0.05, 0) is 32.7 Å². The van der Waals surface area contributed by atoms with Crippen LogP contribution in [0.3, 0.4) is 0 Å². The minimum atomic E-state index is -1.53. The first-order valence-electron chi connectivity index (χ1n) is 9.61. The Labute approximate surface area is 185 Å². The normalized spacial score (nSPS) is 15.6. The van der Waals surface area contributed by atoms with Crippen molar-refractivity contribution in [1.29, 1.82) is 0 Å². The summed E-state index contributed by atoms with van der Waals surface area (Å²) < 4.78 is 0. The Morgan fingerprint density at radius 1 is 0.968 bits per heavy atom. The maximum atomic E-state index is 12.5. The lowest BCUT2D eigenvalue weighted by Gasteiger charge is -2.26. The van der Waals surface area contributed by atoms with Crippen molar-refractivity contribution < 1.29 is 34.2 Å². The van der Waals surface area contributed by atoms with Crippen LogP contribution >= 0.6 is 12.6 Å². The molecule has 0 radical (unpaired) electrons. The number of hydrogen-bond donors (Lipinski definition) is 9. The van der Waals surface area contributed by atoms with E-state index in [0.717, 1.165) is 0 Å². The number of carbonyl (C=O) groups excluding carboxylic acids is 4. The lowest BCUT2D eigenvalue weighted by molar-refractivity contribution is -0.142. The third kappa shape index (κ3) is 11.0. The van der Waals surface area contributed by atoms with Crippen LogP contribution in [0.5, 0.6) is 0 Å². The van der Waals surface area contributed by atoms with Gasteiger partial charge in [-0.2, -0.15) is 12.6 Å². The van der Waals surface area contributed by atoms with Gasteiger partial charge in [-0.1, -0.05) is 0 Å². The summed E-state index contributed by atoms with van der Waals surface area (Å²) >= 11 is 3.87. The third-order valence-electron chi connectivity index (χ3n) is 4.20. The molecule has 0 aromatic rings. The largest absolute Gasteiger partial charge is 0.480 e. The van der Waals surface area contributed by atoms with Crippen LogP contribution in [0.25, 0.3) is 0 Å². The molecular formula is C17H32N6O7S. The second kappa shape index (κ2) is 14.6. The van der Waals surface area contributed by atoms with Crippen molar-refractivity contribution in [1.82, 2.24) is 16.0 Å². The number of hydrogen-bond acceptors (Lipinski definition) is 9. The molecule has 5 unspecified atom stereocenters. The Morgan fingerprint density at radius 3 is 2.00 bits per heavy atom. The minimum absolute atomic E-state index is 0.0204. The van der Waals surface area contributed by atoms with Crippen molar-refractivity contribution in [2.45, 2.75) is 62.9 Å². The topological polar surface area (TPSA) is 240 Å². The van der Waals surface area contributed by atoms with Gasteiger partial charge in [0.2, 0.25) is 23.6 Å². The molecule has 0 bridgehead atoms. The van der Waals surface area contributed by atoms with E-state index in [1.807, 2.05) is 0 Å². The molecule has 5 atom stereocenters. The fourth-order valence-electron chi connectivity index (χ4n) is 2.44. The Hall–Kier alpha value is -2.42. The number of rotatable bonds is 15. The summed E-state index contributed by atoms with van der Waals surface area (Å²) in [6.45, 7) is 1.57. The molecule has 0 aromatic carbocycles. The van der Waals surface area contributed by atoms with Crippen LogP contribution in [-0.2, 0) is 24.0 Å². The lowest BCUT2D eigenvalue weighted by atomic mass is 10.1. The number of primary amides is 1. The van der Waals surface area contributed by atoms with E-state index in [4.69, 9.17) is 17.2 Å². The number of unbranched alkanes of at least 4 members (excludes halogenated alkanes) is 1. The first-order chi connectivity index (χ1) is 14.4. The minimum Gasteiger partial charge on any atom is -0.480 e. The van der Waals surface area contributed by atoms with E-state index in [2.05, 4.69) is 28.6 Å². The number of nitrogens with one attached hydrogen (secondary N) is 3. The smallest absolute Gasteiger partial charge is 0.326 e. The van der Waals surface area contributed by atoms with Gasteiger partial charge in [0.15, 0.2) is 0 Å². The van der Waals surface area contributed by atoms with Crippen molar-refractivity contribution in [2.75, 3.05) is 12.3 Å². The van der Waals surface area contributed by atoms with Crippen molar-refractivity contribution in [3.8, 4) is 0 Å². The summed E-state index contributed by atoms with van der Waals surface area (Å²) in [4.78, 5) is 59.7. The van der Waals surface area contributed by atoms with Crippen molar-refractivity contribution in [3.05, 3.63) is 0 Å². The Bertz CT molecular complexity index is 648. The van der Waals surface area contributed by atoms with Crippen molar-refractivity contribution >= 4 is 42.2 Å². The molecule has 31 heavy (non-hydrogen) atoms. The molecule has 0 aliphatic carbocycles. The number of carboxylic acids is 1. The van der Waals surface area contributed by atoms with Gasteiger partial charge in [-0.3, -0.25) is 19.2 Å². The van der Waals surface area contributed by atoms with Crippen LogP contribution in [0.15, 0.2) is 0 Å². The second-order valence-electron chi connectivity index (χ2n) is 6.93. The molecule has 0 heterocycles. The zero-order chi connectivity index (χ0) is 24.1. The molecule has 4 amide bonds. The Morgan fingerprint density at radius 2 is 1.55 bits per heavy atom. The summed E-state index contributed by atoms with van der Waals surface area (Å²) in [6, 6.07) is -5.35. The zero-order valence-corrected chi connectivity index (χ0v) is 18.1. The van der Waals surface area contributed by atoms with E-state index in [9.17, 15) is 34.2 Å². The quantitative estimate of drug-likeness (QED) is 0.0850. The summed E-state index contributed by atoms with van der Waals surface area (Å²) in [5.41, 5.74) is 16.0. The number of carboxylic acid groups (broad SMARTS) is 1. The van der Waals surface area contributed by atoms with E-state index in [1.165, 1.54) is 6.92 Å². The van der Waals surface area contributed by atoms with Crippen LogP contribution in [-0.4, -0.2) is 82.4 Å². The number of thiol groups is 1. The average molecular weight is 465 g/mol. The van der Waals surface area contributed by atoms with Crippen LogP contribution in [0.1, 0.15) is 32.6 Å². The van der Waals surface area contributed by atoms with Crippen LogP contribution < -0.4 is 33.2 Å². The number of amides is 4. The van der Waals surface area contributed by atoms with Gasteiger partial charge in [-0.25, -0.2) is 4.79 Å². The molecule has 0 rings (SSSR count). The molecule has 0 aliphatic heterocycles. The number of aliphatic hydroxyl groups excluding tert-OH is 1. The van der Waals surface area contributed by atoms with Crippen molar-refractivity contribution in [3.63, 3.8) is 0 Å². The summed E-state index contributed by atoms with van der Waals surface area (Å²) in [5, 5.41) is 25.8. The molecule has 0 fully saturated rings. The van der Waals surface area contributed by atoms with E-state index in [1.54, 1.807) is 0 Å². The van der Waals surface area contributed by atoms with E-state index >= 15 is 0 Å². The fourth-order valence-corrected chi connectivity index (χ4v) is 2.61. The third-order valence-corrected chi connectivity index (χ3v) is 4.59. The Balaban J connectivity index is 5.36. The van der Waals surface area contributed by atoms with Crippen molar-refractivity contribution in [2.24, 2.45) is 17.2 Å². The van der Waals surface area contributed by atoms with Gasteiger partial charge >= 0.3 is 5.97 Å². The monoisotopic (exact) mass is 464 g/mol. The number of carbonyl (C=O) groups is 5. The summed E-state index contributed by atoms with van der Waals surface area (Å²) in [7, 11) is 0. The molecule has 11 N–H and O–H groups in total. The average Bonchev–Trinajstić information content (AvgIpc) is 2.68. The number of nitrogens with two attached hydrogens (primary N) is 3. The van der Waals surface area contributed by atoms with Gasteiger partial charge in [0.05, 0.1) is 18.6 Å². The van der Waals surface area contributed by atoms with Crippen LogP contribution in [0.2, 0.25) is 0 Å². The molecule has 14 heteroatoms. The van der Waals surface area contributed by atoms with E-state index < -0.39 is 66.3 Å². The van der Waals surface area contributed by atoms with Gasteiger partial charge in [0, 0.05) is 5.75 Å². The maximum Gasteiger partial charge on any atom is 0.326 e. The molecular weight excluding hydrogens is 432 g/mol. The number of aliphatic hydroxyl groups is 1. The zero-order valence-electron chi connectivity index (χ0n) is 17.2. The van der Waals surface area contributed by atoms with Crippen LogP contribution in [0.4, 0.5) is 0 Å². The highest BCUT2D eigenvalue weighted by molar-refractivity contribution is 7.80. The van der Waals surface area contributed by atoms with Gasteiger partial charge < -0.3 is 43.4 Å². The first-order valence-corrected chi connectivity index (χ1v) is 10.2. The highest BCUT2D eigenvalue weighted by Crippen LogP contribution is 2.04. The predicted octanol–water partition coefficient (Wildman–Crippen LogP) is -3.83.